The normalized spacial score (nSPS) is 10.4. The third-order valence-corrected chi connectivity index (χ3v) is 2.83. The minimum Gasteiger partial charge on any atom is -0.319 e. The highest BCUT2D eigenvalue weighted by Crippen LogP contribution is 2.22. The molecule has 3 aromatic rings. The van der Waals surface area contributed by atoms with Crippen LogP contribution in [0.5, 0.6) is 0 Å². The van der Waals surface area contributed by atoms with E-state index in [9.17, 15) is 8.78 Å². The summed E-state index contributed by atoms with van der Waals surface area (Å²) in [6.45, 7) is 0. The number of para-hydroxylation sites is 1. The van der Waals surface area contributed by atoms with Crippen LogP contribution in [-0.2, 0) is 0 Å². The smallest absolute Gasteiger partial charge is 0.227 e. The van der Waals surface area contributed by atoms with Crippen molar-refractivity contribution in [3.05, 3.63) is 66.6 Å². The zero-order chi connectivity index (χ0) is 14.7. The predicted molar refractivity (Wildman–Crippen MR) is 74.9 cm³/mol. The molecule has 0 amide bonds. The molecule has 1 aromatic carbocycles. The second-order valence-electron chi connectivity index (χ2n) is 4.22. The molecule has 0 aliphatic heterocycles. The number of anilines is 2. The topological polar surface area (TPSA) is 50.7 Å². The van der Waals surface area contributed by atoms with Crippen molar-refractivity contribution in [3.63, 3.8) is 0 Å². The Hall–Kier alpha value is -2.89. The summed E-state index contributed by atoms with van der Waals surface area (Å²) in [6.07, 6.45) is 4.80. The van der Waals surface area contributed by atoms with Crippen LogP contribution < -0.4 is 5.32 Å². The molecule has 0 saturated heterocycles. The first-order valence-corrected chi connectivity index (χ1v) is 6.18. The van der Waals surface area contributed by atoms with Crippen molar-refractivity contribution in [2.45, 2.75) is 0 Å². The minimum absolute atomic E-state index is 0.119. The summed E-state index contributed by atoms with van der Waals surface area (Å²) in [6, 6.07) is 8.91. The van der Waals surface area contributed by atoms with E-state index in [4.69, 9.17) is 0 Å². The minimum atomic E-state index is -0.701. The van der Waals surface area contributed by atoms with Crippen LogP contribution in [0.3, 0.4) is 0 Å². The van der Waals surface area contributed by atoms with Crippen LogP contribution >= 0.6 is 0 Å². The summed E-state index contributed by atoms with van der Waals surface area (Å²) in [5.74, 6) is -1.28. The van der Waals surface area contributed by atoms with Gasteiger partial charge in [-0.3, -0.25) is 4.98 Å². The highest BCUT2D eigenvalue weighted by Gasteiger charge is 2.10. The first-order valence-electron chi connectivity index (χ1n) is 6.18. The lowest BCUT2D eigenvalue weighted by molar-refractivity contribution is 0.590. The van der Waals surface area contributed by atoms with Crippen LogP contribution in [0.15, 0.2) is 55.0 Å². The Kier molecular flexibility index (Phi) is 3.51. The van der Waals surface area contributed by atoms with E-state index >= 15 is 0 Å². The Morgan fingerprint density at radius 3 is 2.29 bits per heavy atom. The number of halogens is 2. The molecule has 0 bridgehead atoms. The predicted octanol–water partition coefficient (Wildman–Crippen LogP) is 3.56. The van der Waals surface area contributed by atoms with Gasteiger partial charge in [-0.15, -0.1) is 0 Å². The molecule has 1 N–H and O–H groups in total. The number of rotatable bonds is 3. The van der Waals surface area contributed by atoms with Gasteiger partial charge in [0.05, 0.1) is 5.69 Å². The van der Waals surface area contributed by atoms with Gasteiger partial charge in [-0.1, -0.05) is 6.07 Å². The maximum atomic E-state index is 13.6. The molecule has 0 atom stereocenters. The van der Waals surface area contributed by atoms with Crippen molar-refractivity contribution in [2.75, 3.05) is 5.32 Å². The molecule has 0 fully saturated rings. The quantitative estimate of drug-likeness (QED) is 0.799. The fourth-order valence-corrected chi connectivity index (χ4v) is 1.83. The van der Waals surface area contributed by atoms with Gasteiger partial charge in [-0.2, -0.15) is 0 Å². The maximum absolute atomic E-state index is 13.6. The largest absolute Gasteiger partial charge is 0.319 e. The zero-order valence-electron chi connectivity index (χ0n) is 10.8. The summed E-state index contributed by atoms with van der Waals surface area (Å²) in [4.78, 5) is 12.1. The highest BCUT2D eigenvalue weighted by molar-refractivity contribution is 5.61. The monoisotopic (exact) mass is 284 g/mol. The number of benzene rings is 1. The average Bonchev–Trinajstić information content (AvgIpc) is 2.52. The van der Waals surface area contributed by atoms with E-state index in [0.29, 0.717) is 5.69 Å². The molecular formula is C15H10F2N4. The molecule has 21 heavy (non-hydrogen) atoms. The number of hydrogen-bond acceptors (Lipinski definition) is 4. The van der Waals surface area contributed by atoms with Gasteiger partial charge in [0.15, 0.2) is 0 Å². The third-order valence-electron chi connectivity index (χ3n) is 2.83. The van der Waals surface area contributed by atoms with Crippen molar-refractivity contribution >= 4 is 11.6 Å². The van der Waals surface area contributed by atoms with E-state index in [-0.39, 0.29) is 11.6 Å². The van der Waals surface area contributed by atoms with E-state index < -0.39 is 11.6 Å². The summed E-state index contributed by atoms with van der Waals surface area (Å²) in [5, 5.41) is 2.56. The van der Waals surface area contributed by atoms with Crippen LogP contribution in [0, 0.1) is 11.6 Å². The van der Waals surface area contributed by atoms with Crippen LogP contribution in [0.1, 0.15) is 0 Å². The van der Waals surface area contributed by atoms with Gasteiger partial charge in [0.2, 0.25) is 5.95 Å². The molecule has 0 saturated carbocycles. The summed E-state index contributed by atoms with van der Waals surface area (Å²) in [5.41, 5.74) is 1.19. The van der Waals surface area contributed by atoms with Crippen molar-refractivity contribution in [3.8, 4) is 11.3 Å². The SMILES string of the molecule is Fc1cccc(F)c1Nc1nccc(-c2ccncc2)n1. The van der Waals surface area contributed by atoms with Crippen LogP contribution in [-0.4, -0.2) is 15.0 Å². The third kappa shape index (κ3) is 2.84. The molecule has 0 spiro atoms. The van der Waals surface area contributed by atoms with E-state index in [1.807, 2.05) is 0 Å². The summed E-state index contributed by atoms with van der Waals surface area (Å²) < 4.78 is 27.2. The number of pyridine rings is 1. The van der Waals surface area contributed by atoms with Gasteiger partial charge >= 0.3 is 0 Å². The Morgan fingerprint density at radius 2 is 1.57 bits per heavy atom. The molecule has 2 heterocycles. The Balaban J connectivity index is 1.94. The molecule has 0 radical (unpaired) electrons. The van der Waals surface area contributed by atoms with Gasteiger partial charge in [0.25, 0.3) is 0 Å². The lowest BCUT2D eigenvalue weighted by Crippen LogP contribution is -2.02. The Morgan fingerprint density at radius 1 is 0.857 bits per heavy atom. The number of hydrogen-bond donors (Lipinski definition) is 1. The van der Waals surface area contributed by atoms with Crippen LogP contribution in [0.25, 0.3) is 11.3 Å². The van der Waals surface area contributed by atoms with Crippen LogP contribution in [0.4, 0.5) is 20.4 Å². The Labute approximate surface area is 119 Å². The van der Waals surface area contributed by atoms with Crippen molar-refractivity contribution in [1.29, 1.82) is 0 Å². The van der Waals surface area contributed by atoms with Gasteiger partial charge in [-0.25, -0.2) is 18.7 Å². The number of aromatic nitrogens is 3. The molecular weight excluding hydrogens is 274 g/mol. The lowest BCUT2D eigenvalue weighted by atomic mass is 10.2. The van der Waals surface area contributed by atoms with E-state index in [1.165, 1.54) is 12.3 Å². The molecule has 104 valence electrons. The number of nitrogens with zero attached hydrogens (tertiary/aromatic N) is 3. The van der Waals surface area contributed by atoms with Crippen LogP contribution in [0.2, 0.25) is 0 Å². The molecule has 0 aliphatic rings. The average molecular weight is 284 g/mol. The fraction of sp³-hybridized carbons (Fsp3) is 0. The molecule has 4 nitrogen and oxygen atoms in total. The fourth-order valence-electron chi connectivity index (χ4n) is 1.83. The molecule has 0 aliphatic carbocycles. The molecule has 2 aromatic heterocycles. The van der Waals surface area contributed by atoms with E-state index in [2.05, 4.69) is 20.3 Å². The van der Waals surface area contributed by atoms with Gasteiger partial charge in [0.1, 0.15) is 17.3 Å². The van der Waals surface area contributed by atoms with E-state index in [0.717, 1.165) is 17.7 Å². The van der Waals surface area contributed by atoms with Crippen molar-refractivity contribution in [2.24, 2.45) is 0 Å². The summed E-state index contributed by atoms with van der Waals surface area (Å²) in [7, 11) is 0. The number of nitrogens with one attached hydrogen (secondary N) is 1. The lowest BCUT2D eigenvalue weighted by Gasteiger charge is -2.08. The van der Waals surface area contributed by atoms with Gasteiger partial charge in [-0.05, 0) is 30.3 Å². The van der Waals surface area contributed by atoms with E-state index in [1.54, 1.807) is 30.6 Å². The first kappa shape index (κ1) is 13.1. The second kappa shape index (κ2) is 5.62. The first-order chi connectivity index (χ1) is 10.2. The van der Waals surface area contributed by atoms with Gasteiger partial charge < -0.3 is 5.32 Å². The summed E-state index contributed by atoms with van der Waals surface area (Å²) >= 11 is 0. The van der Waals surface area contributed by atoms with Gasteiger partial charge in [0, 0.05) is 24.2 Å². The van der Waals surface area contributed by atoms with Crippen molar-refractivity contribution < 1.29 is 8.78 Å². The van der Waals surface area contributed by atoms with Crippen molar-refractivity contribution in [1.82, 2.24) is 15.0 Å². The highest BCUT2D eigenvalue weighted by atomic mass is 19.1. The Bertz CT molecular complexity index is 742. The maximum Gasteiger partial charge on any atom is 0.227 e. The molecule has 6 heteroatoms. The zero-order valence-corrected chi connectivity index (χ0v) is 10.8. The molecule has 0 unspecified atom stereocenters. The standard InChI is InChI=1S/C15H10F2N4/c16-11-2-1-3-12(17)14(11)21-15-19-9-6-13(20-15)10-4-7-18-8-5-10/h1-9H,(H,19,20,21). The second-order valence-corrected chi connectivity index (χ2v) is 4.22. The molecule has 3 rings (SSSR count).